The number of aryl methyl sites for hydroxylation is 1. The Kier molecular flexibility index (Phi) is 4.20. The minimum absolute atomic E-state index is 0.263. The summed E-state index contributed by atoms with van der Waals surface area (Å²) in [5.74, 6) is 1.64. The fraction of sp³-hybridized carbons (Fsp3) is 0.458. The first kappa shape index (κ1) is 17.7. The molecular weight excluding hydrogens is 348 g/mol. The van der Waals surface area contributed by atoms with E-state index in [1.54, 1.807) is 7.11 Å². The van der Waals surface area contributed by atoms with Gasteiger partial charge in [0.25, 0.3) is 0 Å². The molecule has 3 aliphatic heterocycles. The number of carbonyl (C=O) groups excluding carboxylic acids is 1. The molecule has 0 bridgehead atoms. The van der Waals surface area contributed by atoms with E-state index in [1.165, 1.54) is 16.7 Å². The van der Waals surface area contributed by atoms with Crippen LogP contribution >= 0.6 is 0 Å². The van der Waals surface area contributed by atoms with Crippen molar-refractivity contribution in [2.75, 3.05) is 20.2 Å². The van der Waals surface area contributed by atoms with Crippen molar-refractivity contribution in [1.29, 1.82) is 0 Å². The van der Waals surface area contributed by atoms with E-state index in [2.05, 4.69) is 53.1 Å². The third-order valence-electron chi connectivity index (χ3n) is 7.09. The van der Waals surface area contributed by atoms with Gasteiger partial charge in [-0.2, -0.15) is 0 Å². The highest BCUT2D eigenvalue weighted by Gasteiger charge is 2.64. The molecule has 146 valence electrons. The molecule has 0 N–H and O–H groups in total. The minimum Gasteiger partial charge on any atom is -0.497 e. The fourth-order valence-electron chi connectivity index (χ4n) is 5.86. The van der Waals surface area contributed by atoms with Gasteiger partial charge in [-0.3, -0.25) is 9.69 Å². The van der Waals surface area contributed by atoms with Crippen molar-refractivity contribution in [2.24, 2.45) is 5.92 Å². The maximum absolute atomic E-state index is 13.6. The van der Waals surface area contributed by atoms with Crippen molar-refractivity contribution in [3.8, 4) is 5.75 Å². The van der Waals surface area contributed by atoms with Crippen molar-refractivity contribution in [2.45, 2.75) is 44.3 Å². The second-order valence-corrected chi connectivity index (χ2v) is 8.62. The Balaban J connectivity index is 1.39. The molecule has 3 fully saturated rings. The van der Waals surface area contributed by atoms with Crippen LogP contribution in [0, 0.1) is 12.8 Å². The highest BCUT2D eigenvalue weighted by Crippen LogP contribution is 2.56. The maximum Gasteiger partial charge on any atom is 0.243 e. The van der Waals surface area contributed by atoms with Crippen LogP contribution in [0.15, 0.2) is 48.5 Å². The lowest BCUT2D eigenvalue weighted by molar-refractivity contribution is -0.137. The lowest BCUT2D eigenvalue weighted by atomic mass is 9.85. The number of benzene rings is 2. The van der Waals surface area contributed by atoms with Crippen molar-refractivity contribution in [3.63, 3.8) is 0 Å². The van der Waals surface area contributed by atoms with Crippen molar-refractivity contribution >= 4 is 5.91 Å². The molecule has 28 heavy (non-hydrogen) atoms. The van der Waals surface area contributed by atoms with Gasteiger partial charge >= 0.3 is 0 Å². The molecule has 4 heteroatoms. The lowest BCUT2D eigenvalue weighted by Crippen LogP contribution is -2.49. The number of methoxy groups -OCH3 is 1. The van der Waals surface area contributed by atoms with Gasteiger partial charge in [0.1, 0.15) is 11.3 Å². The van der Waals surface area contributed by atoms with Gasteiger partial charge in [-0.25, -0.2) is 0 Å². The Labute approximate surface area is 167 Å². The number of ether oxygens (including phenoxy) is 1. The molecule has 1 spiro atoms. The highest BCUT2D eigenvalue weighted by atomic mass is 16.5. The van der Waals surface area contributed by atoms with Gasteiger partial charge in [0, 0.05) is 25.0 Å². The van der Waals surface area contributed by atoms with Crippen LogP contribution in [-0.2, 0) is 11.3 Å². The summed E-state index contributed by atoms with van der Waals surface area (Å²) in [6.45, 7) is 4.77. The molecule has 0 unspecified atom stereocenters. The average Bonchev–Trinajstić information content (AvgIpc) is 3.33. The number of hydrogen-bond donors (Lipinski definition) is 0. The summed E-state index contributed by atoms with van der Waals surface area (Å²) in [5.41, 5.74) is 3.59. The zero-order valence-corrected chi connectivity index (χ0v) is 16.7. The fourth-order valence-corrected chi connectivity index (χ4v) is 5.86. The molecule has 0 radical (unpaired) electrons. The van der Waals surface area contributed by atoms with E-state index in [-0.39, 0.29) is 5.54 Å². The summed E-state index contributed by atoms with van der Waals surface area (Å²) in [6.07, 6.45) is 3.23. The maximum atomic E-state index is 13.6. The number of carbonyl (C=O) groups is 1. The monoisotopic (exact) mass is 376 g/mol. The molecule has 2 aromatic rings. The first-order chi connectivity index (χ1) is 13.6. The summed E-state index contributed by atoms with van der Waals surface area (Å²) in [7, 11) is 1.68. The molecule has 3 heterocycles. The van der Waals surface area contributed by atoms with Crippen LogP contribution in [0.4, 0.5) is 0 Å². The van der Waals surface area contributed by atoms with Crippen LogP contribution in [0.3, 0.4) is 0 Å². The summed E-state index contributed by atoms with van der Waals surface area (Å²) in [6, 6.07) is 17.3. The summed E-state index contributed by atoms with van der Waals surface area (Å²) in [4.78, 5) is 18.3. The van der Waals surface area contributed by atoms with Crippen LogP contribution in [0.2, 0.25) is 0 Å². The molecule has 3 aliphatic rings. The van der Waals surface area contributed by atoms with Gasteiger partial charge in [0.2, 0.25) is 5.91 Å². The van der Waals surface area contributed by atoms with Gasteiger partial charge in [-0.1, -0.05) is 42.0 Å². The molecule has 0 saturated carbocycles. The summed E-state index contributed by atoms with van der Waals surface area (Å²) in [5, 5.41) is 0. The van der Waals surface area contributed by atoms with Crippen molar-refractivity contribution in [1.82, 2.24) is 9.80 Å². The van der Waals surface area contributed by atoms with E-state index in [9.17, 15) is 4.79 Å². The Hall–Kier alpha value is -2.33. The van der Waals surface area contributed by atoms with Crippen LogP contribution in [0.5, 0.6) is 5.75 Å². The largest absolute Gasteiger partial charge is 0.497 e. The molecule has 4 nitrogen and oxygen atoms in total. The molecule has 0 aliphatic carbocycles. The third-order valence-corrected chi connectivity index (χ3v) is 7.09. The zero-order valence-electron chi connectivity index (χ0n) is 16.7. The Morgan fingerprint density at radius 2 is 2.00 bits per heavy atom. The topological polar surface area (TPSA) is 32.8 Å². The van der Waals surface area contributed by atoms with Gasteiger partial charge in [-0.05, 0) is 56.0 Å². The van der Waals surface area contributed by atoms with E-state index in [1.807, 2.05) is 12.1 Å². The molecule has 0 aromatic heterocycles. The predicted molar refractivity (Wildman–Crippen MR) is 109 cm³/mol. The number of amides is 1. The van der Waals surface area contributed by atoms with Gasteiger partial charge in [0.15, 0.2) is 0 Å². The first-order valence-electron chi connectivity index (χ1n) is 10.4. The molecule has 2 aromatic carbocycles. The van der Waals surface area contributed by atoms with Crippen LogP contribution < -0.4 is 4.74 Å². The number of rotatable bonds is 4. The summed E-state index contributed by atoms with van der Waals surface area (Å²) < 4.78 is 5.25. The minimum atomic E-state index is -0.263. The molecular formula is C24H28N2O2. The highest BCUT2D eigenvalue weighted by molar-refractivity contribution is 5.90. The second-order valence-electron chi connectivity index (χ2n) is 8.62. The average molecular weight is 377 g/mol. The Morgan fingerprint density at radius 1 is 1.18 bits per heavy atom. The zero-order chi connectivity index (χ0) is 19.3. The van der Waals surface area contributed by atoms with E-state index in [0.717, 1.165) is 38.1 Å². The second kappa shape index (κ2) is 6.63. The normalized spacial score (nSPS) is 29.2. The Morgan fingerprint density at radius 3 is 2.75 bits per heavy atom. The van der Waals surface area contributed by atoms with Crippen molar-refractivity contribution in [3.05, 3.63) is 65.2 Å². The van der Waals surface area contributed by atoms with Crippen LogP contribution in [0.25, 0.3) is 0 Å². The van der Waals surface area contributed by atoms with Gasteiger partial charge in [0.05, 0.1) is 7.11 Å². The molecule has 3 saturated heterocycles. The van der Waals surface area contributed by atoms with Crippen molar-refractivity contribution < 1.29 is 9.53 Å². The molecule has 1 amide bonds. The van der Waals surface area contributed by atoms with E-state index < -0.39 is 0 Å². The number of hydrogen-bond acceptors (Lipinski definition) is 3. The van der Waals surface area contributed by atoms with E-state index >= 15 is 0 Å². The summed E-state index contributed by atoms with van der Waals surface area (Å²) >= 11 is 0. The van der Waals surface area contributed by atoms with Gasteiger partial charge in [-0.15, -0.1) is 0 Å². The molecule has 3 atom stereocenters. The third kappa shape index (κ3) is 2.58. The SMILES string of the molecule is COc1ccc(CN2C[C@@H]3C[C@@H](c4cccc(C)c4)N4CCC[C@@]34C2=O)cc1. The first-order valence-corrected chi connectivity index (χ1v) is 10.4. The standard InChI is InChI=1S/C24H28N2O2/c1-17-5-3-6-19(13-17)22-14-20-16-25(15-18-7-9-21(28-2)10-8-18)23(27)24(20)11-4-12-26(22)24/h3,5-10,13,20,22H,4,11-12,14-16H2,1-2H3/t20-,22-,24-/m0/s1. The van der Waals surface area contributed by atoms with Crippen LogP contribution in [0.1, 0.15) is 42.0 Å². The van der Waals surface area contributed by atoms with Crippen LogP contribution in [-0.4, -0.2) is 41.4 Å². The quantitative estimate of drug-likeness (QED) is 0.810. The number of nitrogens with zero attached hydrogens (tertiary/aromatic N) is 2. The smallest absolute Gasteiger partial charge is 0.243 e. The molecule has 5 rings (SSSR count). The predicted octanol–water partition coefficient (Wildman–Crippen LogP) is 3.94. The Bertz CT molecular complexity index is 894. The number of likely N-dealkylation sites (tertiary alicyclic amines) is 1. The van der Waals surface area contributed by atoms with E-state index in [4.69, 9.17) is 4.74 Å². The van der Waals surface area contributed by atoms with Gasteiger partial charge < -0.3 is 9.64 Å². The van der Waals surface area contributed by atoms with E-state index in [0.29, 0.717) is 24.4 Å². The lowest BCUT2D eigenvalue weighted by Gasteiger charge is -2.33.